The number of allylic oxidation sites excluding steroid dienone is 8. The summed E-state index contributed by atoms with van der Waals surface area (Å²) in [7, 11) is 0. The van der Waals surface area contributed by atoms with E-state index in [0.717, 1.165) is 0 Å². The second kappa shape index (κ2) is 10.8. The molecule has 0 saturated carbocycles. The third kappa shape index (κ3) is 6.31. The van der Waals surface area contributed by atoms with E-state index in [2.05, 4.69) is 81.4 Å². The molecule has 2 aliphatic rings. The van der Waals surface area contributed by atoms with Gasteiger partial charge in [0, 0.05) is 0 Å². The Labute approximate surface area is 196 Å². The van der Waals surface area contributed by atoms with Crippen LogP contribution >= 0.6 is 0 Å². The zero-order chi connectivity index (χ0) is 19.9. The standard InChI is InChI=1S/2C10H15.C4H11Si.2ClH.Hf/c2*1-8-5-6-9(7-8)10(2,3)4;1-3-5-4-2;;;/h2*7H,6H2,1-4H3;5H,3-4H2,1-2H3;2*1H;/q;;;;;+2/p-2. The molecule has 0 spiro atoms. The molecule has 0 heterocycles. The van der Waals surface area contributed by atoms with Crippen LogP contribution in [0.3, 0.4) is 0 Å². The molecule has 0 aromatic carbocycles. The summed E-state index contributed by atoms with van der Waals surface area (Å²) < 4.78 is 3.97. The SMILES string of the molecule is CC[SiH](CC)[Hf+2]([C]1=C(C)C=C(C(C)(C)C)C1)[C]1=C(C)C=C(C(C)(C)C)C1.[Cl-].[Cl-]. The Kier molecular flexibility index (Phi) is 11.0. The molecule has 0 fully saturated rings. The fourth-order valence-corrected chi connectivity index (χ4v) is 39.2. The third-order valence-corrected chi connectivity index (χ3v) is 41.3. The van der Waals surface area contributed by atoms with Crippen molar-refractivity contribution in [3.8, 4) is 0 Å². The van der Waals surface area contributed by atoms with Crippen molar-refractivity contribution in [1.82, 2.24) is 0 Å². The first-order valence-electron chi connectivity index (χ1n) is 10.6. The first-order chi connectivity index (χ1) is 11.9. The summed E-state index contributed by atoms with van der Waals surface area (Å²) in [6, 6.07) is 3.00. The molecule has 0 saturated heterocycles. The second-order valence-electron chi connectivity index (χ2n) is 10.4. The smallest absolute Gasteiger partial charge is 1.00 e. The van der Waals surface area contributed by atoms with Crippen LogP contribution in [0, 0.1) is 10.8 Å². The van der Waals surface area contributed by atoms with E-state index in [1.54, 1.807) is 22.3 Å². The van der Waals surface area contributed by atoms with Crippen molar-refractivity contribution in [3.05, 3.63) is 41.1 Å². The molecule has 4 heteroatoms. The Morgan fingerprint density at radius 1 is 0.750 bits per heavy atom. The van der Waals surface area contributed by atoms with Crippen molar-refractivity contribution >= 4 is 5.98 Å². The van der Waals surface area contributed by atoms with E-state index in [1.807, 2.05) is 6.66 Å². The second-order valence-corrected chi connectivity index (χ2v) is 34.3. The summed E-state index contributed by atoms with van der Waals surface area (Å²) in [6.07, 6.45) is 7.75. The van der Waals surface area contributed by atoms with Gasteiger partial charge < -0.3 is 24.8 Å². The van der Waals surface area contributed by atoms with E-state index in [9.17, 15) is 0 Å². The number of halogens is 2. The van der Waals surface area contributed by atoms with E-state index in [0.29, 0.717) is 10.8 Å². The van der Waals surface area contributed by atoms with Crippen LogP contribution in [0.2, 0.25) is 12.1 Å². The molecule has 0 nitrogen and oxygen atoms in total. The summed E-state index contributed by atoms with van der Waals surface area (Å²) in [4.78, 5) is 0. The van der Waals surface area contributed by atoms with Crippen LogP contribution in [0.4, 0.5) is 0 Å². The van der Waals surface area contributed by atoms with Crippen molar-refractivity contribution in [2.24, 2.45) is 10.8 Å². The summed E-state index contributed by atoms with van der Waals surface area (Å²) in [5, 5.41) is 0. The van der Waals surface area contributed by atoms with Gasteiger partial charge in [0.15, 0.2) is 0 Å². The maximum atomic E-state index is 2.57. The predicted octanol–water partition coefficient (Wildman–Crippen LogP) is 1.68. The number of hydrogen-bond acceptors (Lipinski definition) is 0. The van der Waals surface area contributed by atoms with Gasteiger partial charge in [0.2, 0.25) is 0 Å². The zero-order valence-electron chi connectivity index (χ0n) is 19.8. The van der Waals surface area contributed by atoms with E-state index < -0.39 is 26.6 Å². The first-order valence-corrected chi connectivity index (χ1v) is 22.6. The minimum Gasteiger partial charge on any atom is -1.00 e. The van der Waals surface area contributed by atoms with Gasteiger partial charge in [-0.25, -0.2) is 0 Å². The minimum atomic E-state index is -1.93. The van der Waals surface area contributed by atoms with Crippen LogP contribution < -0.4 is 24.8 Å². The van der Waals surface area contributed by atoms with Crippen molar-refractivity contribution in [3.63, 3.8) is 0 Å². The van der Waals surface area contributed by atoms with Gasteiger partial charge in [-0.2, -0.15) is 0 Å². The molecule has 2 aliphatic carbocycles. The molecule has 0 atom stereocenters. The number of hydrogen-bond donors (Lipinski definition) is 0. The molecule has 2 rings (SSSR count). The molecule has 0 bridgehead atoms. The molecule has 0 aromatic rings. The zero-order valence-corrected chi connectivity index (χ0v) is 26.1. The molecule has 0 unspecified atom stereocenters. The maximum absolute atomic E-state index is 2.57. The largest absolute Gasteiger partial charge is 1.00 e. The van der Waals surface area contributed by atoms with Crippen LogP contribution in [0.15, 0.2) is 41.1 Å². The van der Waals surface area contributed by atoms with Gasteiger partial charge in [-0.05, 0) is 0 Å². The Morgan fingerprint density at radius 3 is 1.29 bits per heavy atom. The Hall–Kier alpha value is 0.627. The molecule has 159 valence electrons. The van der Waals surface area contributed by atoms with Gasteiger partial charge in [-0.15, -0.1) is 0 Å². The minimum absolute atomic E-state index is 0. The Bertz CT molecular complexity index is 626. The van der Waals surface area contributed by atoms with Crippen LogP contribution in [0.5, 0.6) is 0 Å². The fourth-order valence-electron chi connectivity index (χ4n) is 4.41. The van der Waals surface area contributed by atoms with Crippen LogP contribution in [-0.4, -0.2) is 5.98 Å². The summed E-state index contributed by atoms with van der Waals surface area (Å²) >= 11 is -1.93. The maximum Gasteiger partial charge on any atom is -1.00 e. The van der Waals surface area contributed by atoms with Gasteiger partial charge in [0.25, 0.3) is 0 Å². The average Bonchev–Trinajstić information content (AvgIpc) is 3.08. The molecule has 0 aromatic heterocycles. The Morgan fingerprint density at radius 2 is 1.07 bits per heavy atom. The normalized spacial score (nSPS) is 17.5. The summed E-state index contributed by atoms with van der Waals surface area (Å²) in [5.41, 5.74) is 7.36. The fraction of sp³-hybridized carbons (Fsp3) is 0.667. The van der Waals surface area contributed by atoms with E-state index in [1.165, 1.54) is 24.9 Å². The van der Waals surface area contributed by atoms with Crippen LogP contribution in [0.1, 0.15) is 82.1 Å². The van der Waals surface area contributed by atoms with E-state index >= 15 is 0 Å². The average molecular weight is 607 g/mol. The molecule has 0 amide bonds. The van der Waals surface area contributed by atoms with Crippen molar-refractivity contribution in [1.29, 1.82) is 0 Å². The predicted molar refractivity (Wildman–Crippen MR) is 118 cm³/mol. The quantitative estimate of drug-likeness (QED) is 0.418. The van der Waals surface area contributed by atoms with Gasteiger partial charge >= 0.3 is 173 Å². The van der Waals surface area contributed by atoms with Gasteiger partial charge in [0.05, 0.1) is 0 Å². The molecule has 28 heavy (non-hydrogen) atoms. The number of rotatable bonds is 5. The van der Waals surface area contributed by atoms with Crippen molar-refractivity contribution < 1.29 is 45.4 Å². The van der Waals surface area contributed by atoms with Gasteiger partial charge in [-0.3, -0.25) is 0 Å². The van der Waals surface area contributed by atoms with E-state index in [-0.39, 0.29) is 24.8 Å². The molecule has 0 aliphatic heterocycles. The van der Waals surface area contributed by atoms with Crippen LogP contribution in [0.25, 0.3) is 0 Å². The van der Waals surface area contributed by atoms with E-state index in [4.69, 9.17) is 0 Å². The Balaban J connectivity index is 0.00000364. The van der Waals surface area contributed by atoms with Crippen molar-refractivity contribution in [2.45, 2.75) is 94.2 Å². The topological polar surface area (TPSA) is 0 Å². The van der Waals surface area contributed by atoms with Crippen LogP contribution in [-0.2, 0) is 20.6 Å². The molecule has 0 N–H and O–H groups in total. The monoisotopic (exact) mass is 607 g/mol. The van der Waals surface area contributed by atoms with Gasteiger partial charge in [0.1, 0.15) is 0 Å². The summed E-state index contributed by atoms with van der Waals surface area (Å²) in [6.45, 7) is 24.2. The first kappa shape index (κ1) is 28.6. The molecular formula is C24H41Cl2HfSi. The molecule has 0 radical (unpaired) electrons. The van der Waals surface area contributed by atoms with Gasteiger partial charge in [-0.1, -0.05) is 0 Å². The summed E-state index contributed by atoms with van der Waals surface area (Å²) in [5.74, 6) is -0.622. The molecular weight excluding hydrogens is 566 g/mol. The van der Waals surface area contributed by atoms with Crippen molar-refractivity contribution in [2.75, 3.05) is 0 Å². The third-order valence-electron chi connectivity index (χ3n) is 6.44.